The molecule has 0 fully saturated rings. The van der Waals surface area contributed by atoms with Crippen LogP contribution in [0.15, 0.2) is 47.1 Å². The van der Waals surface area contributed by atoms with E-state index in [2.05, 4.69) is 55.4 Å². The van der Waals surface area contributed by atoms with Crippen LogP contribution in [0.3, 0.4) is 0 Å². The summed E-state index contributed by atoms with van der Waals surface area (Å²) < 4.78 is 5.43. The number of hydrogen-bond acceptors (Lipinski definition) is 3. The van der Waals surface area contributed by atoms with E-state index in [1.165, 1.54) is 11.3 Å². The molecule has 2 rings (SSSR count). The van der Waals surface area contributed by atoms with Crippen molar-refractivity contribution in [1.29, 1.82) is 0 Å². The molecule has 2 aromatic rings. The zero-order valence-electron chi connectivity index (χ0n) is 12.6. The van der Waals surface area contributed by atoms with Crippen molar-refractivity contribution in [2.24, 2.45) is 0 Å². The molecule has 0 spiro atoms. The molecule has 3 heteroatoms. The van der Waals surface area contributed by atoms with Gasteiger partial charge in [-0.1, -0.05) is 25.1 Å². The van der Waals surface area contributed by atoms with E-state index in [0.717, 1.165) is 25.3 Å². The highest BCUT2D eigenvalue weighted by molar-refractivity contribution is 5.54. The minimum absolute atomic E-state index is 0.352. The number of furan rings is 1. The van der Waals surface area contributed by atoms with Crippen molar-refractivity contribution in [1.82, 2.24) is 5.32 Å². The van der Waals surface area contributed by atoms with Crippen LogP contribution in [0.2, 0.25) is 0 Å². The summed E-state index contributed by atoms with van der Waals surface area (Å²) in [5, 5.41) is 3.55. The summed E-state index contributed by atoms with van der Waals surface area (Å²) in [6.07, 6.45) is 2.87. The van der Waals surface area contributed by atoms with Crippen molar-refractivity contribution in [2.45, 2.75) is 32.9 Å². The van der Waals surface area contributed by atoms with E-state index >= 15 is 0 Å². The Kier molecular flexibility index (Phi) is 5.24. The summed E-state index contributed by atoms with van der Waals surface area (Å²) in [6, 6.07) is 12.8. The van der Waals surface area contributed by atoms with Gasteiger partial charge in [0.15, 0.2) is 0 Å². The highest BCUT2D eigenvalue weighted by Crippen LogP contribution is 2.26. The van der Waals surface area contributed by atoms with Crippen LogP contribution in [-0.2, 0) is 6.54 Å². The van der Waals surface area contributed by atoms with E-state index in [4.69, 9.17) is 4.42 Å². The van der Waals surface area contributed by atoms with Crippen molar-refractivity contribution in [2.75, 3.05) is 18.5 Å². The molecule has 3 nitrogen and oxygen atoms in total. The summed E-state index contributed by atoms with van der Waals surface area (Å²) in [5.74, 6) is 0.983. The number of anilines is 1. The first-order valence-electron chi connectivity index (χ1n) is 7.28. The van der Waals surface area contributed by atoms with Crippen molar-refractivity contribution in [3.8, 4) is 0 Å². The smallest absolute Gasteiger partial charge is 0.123 e. The summed E-state index contributed by atoms with van der Waals surface area (Å²) >= 11 is 0. The first-order chi connectivity index (χ1) is 9.72. The number of nitrogens with zero attached hydrogens (tertiary/aromatic N) is 1. The first kappa shape index (κ1) is 14.7. The third-order valence-corrected chi connectivity index (χ3v) is 3.49. The fourth-order valence-corrected chi connectivity index (χ4v) is 2.39. The van der Waals surface area contributed by atoms with Gasteiger partial charge in [0.05, 0.1) is 12.8 Å². The fraction of sp³-hybridized carbons (Fsp3) is 0.412. The van der Waals surface area contributed by atoms with Crippen LogP contribution in [0.25, 0.3) is 0 Å². The van der Waals surface area contributed by atoms with Gasteiger partial charge in [0.1, 0.15) is 5.76 Å². The Morgan fingerprint density at radius 2 is 2.00 bits per heavy atom. The van der Waals surface area contributed by atoms with Crippen LogP contribution in [0, 0.1) is 0 Å². The zero-order valence-corrected chi connectivity index (χ0v) is 12.6. The fourth-order valence-electron chi connectivity index (χ4n) is 2.39. The highest BCUT2D eigenvalue weighted by Gasteiger charge is 2.13. The molecular formula is C17H24N2O. The molecule has 1 aromatic carbocycles. The van der Waals surface area contributed by atoms with Gasteiger partial charge in [-0.3, -0.25) is 0 Å². The number of rotatable bonds is 7. The maximum atomic E-state index is 5.43. The van der Waals surface area contributed by atoms with Gasteiger partial charge >= 0.3 is 0 Å². The Labute approximate surface area is 121 Å². The molecule has 0 saturated carbocycles. The molecule has 1 atom stereocenters. The summed E-state index contributed by atoms with van der Waals surface area (Å²) in [6.45, 7) is 6.23. The van der Waals surface area contributed by atoms with Gasteiger partial charge in [-0.05, 0) is 43.7 Å². The lowest BCUT2D eigenvalue weighted by molar-refractivity contribution is 0.506. The largest absolute Gasteiger partial charge is 0.467 e. The molecule has 1 aromatic heterocycles. The molecule has 0 radical (unpaired) electrons. The minimum atomic E-state index is 0.352. The highest BCUT2D eigenvalue weighted by atomic mass is 16.3. The van der Waals surface area contributed by atoms with E-state index in [1.807, 2.05) is 12.1 Å². The van der Waals surface area contributed by atoms with Crippen LogP contribution >= 0.6 is 0 Å². The number of para-hydroxylation sites is 1. The Hall–Kier alpha value is -1.74. The quantitative estimate of drug-likeness (QED) is 0.826. The molecule has 1 unspecified atom stereocenters. The first-order valence-corrected chi connectivity index (χ1v) is 7.28. The Bertz CT molecular complexity index is 507. The molecular weight excluding hydrogens is 248 g/mol. The average Bonchev–Trinajstić information content (AvgIpc) is 2.97. The van der Waals surface area contributed by atoms with E-state index in [9.17, 15) is 0 Å². The van der Waals surface area contributed by atoms with E-state index in [-0.39, 0.29) is 0 Å². The topological polar surface area (TPSA) is 28.4 Å². The molecule has 0 aliphatic rings. The van der Waals surface area contributed by atoms with Gasteiger partial charge in [0.2, 0.25) is 0 Å². The standard InChI is InChI=1S/C17H24N2O/c1-4-11-18-14(2)16-9-5-6-10-17(16)19(3)13-15-8-7-12-20-15/h5-10,12,14,18H,4,11,13H2,1-3H3. The monoisotopic (exact) mass is 272 g/mol. The lowest BCUT2D eigenvalue weighted by Gasteiger charge is -2.25. The summed E-state index contributed by atoms with van der Waals surface area (Å²) in [5.41, 5.74) is 2.58. The van der Waals surface area contributed by atoms with Gasteiger partial charge in [0, 0.05) is 18.8 Å². The van der Waals surface area contributed by atoms with Gasteiger partial charge < -0.3 is 14.6 Å². The molecule has 20 heavy (non-hydrogen) atoms. The molecule has 1 N–H and O–H groups in total. The molecule has 0 aliphatic carbocycles. The molecule has 0 saturated heterocycles. The van der Waals surface area contributed by atoms with Crippen LogP contribution in [0.4, 0.5) is 5.69 Å². The van der Waals surface area contributed by atoms with Crippen LogP contribution in [-0.4, -0.2) is 13.6 Å². The molecule has 0 aliphatic heterocycles. The second kappa shape index (κ2) is 7.15. The molecule has 0 amide bonds. The van der Waals surface area contributed by atoms with Crippen molar-refractivity contribution in [3.63, 3.8) is 0 Å². The number of hydrogen-bond donors (Lipinski definition) is 1. The van der Waals surface area contributed by atoms with E-state index < -0.39 is 0 Å². The van der Waals surface area contributed by atoms with Crippen molar-refractivity contribution >= 4 is 5.69 Å². The normalized spacial score (nSPS) is 12.3. The Morgan fingerprint density at radius 3 is 2.70 bits per heavy atom. The summed E-state index contributed by atoms with van der Waals surface area (Å²) in [4.78, 5) is 2.23. The molecule has 1 heterocycles. The zero-order chi connectivity index (χ0) is 14.4. The maximum Gasteiger partial charge on any atom is 0.123 e. The van der Waals surface area contributed by atoms with Crippen molar-refractivity contribution in [3.05, 3.63) is 54.0 Å². The van der Waals surface area contributed by atoms with Gasteiger partial charge in [-0.2, -0.15) is 0 Å². The van der Waals surface area contributed by atoms with Gasteiger partial charge in [-0.15, -0.1) is 0 Å². The predicted octanol–water partition coefficient (Wildman–Crippen LogP) is 3.98. The van der Waals surface area contributed by atoms with Gasteiger partial charge in [0.25, 0.3) is 0 Å². The van der Waals surface area contributed by atoms with Crippen molar-refractivity contribution < 1.29 is 4.42 Å². The van der Waals surface area contributed by atoms with Crippen LogP contribution in [0.5, 0.6) is 0 Å². The number of benzene rings is 1. The second-order valence-electron chi connectivity index (χ2n) is 5.17. The predicted molar refractivity (Wildman–Crippen MR) is 84.0 cm³/mol. The van der Waals surface area contributed by atoms with Gasteiger partial charge in [-0.25, -0.2) is 0 Å². The average molecular weight is 272 g/mol. The minimum Gasteiger partial charge on any atom is -0.467 e. The molecule has 0 bridgehead atoms. The SMILES string of the molecule is CCCNC(C)c1ccccc1N(C)Cc1ccco1. The van der Waals surface area contributed by atoms with E-state index in [1.54, 1.807) is 6.26 Å². The second-order valence-corrected chi connectivity index (χ2v) is 5.17. The van der Waals surface area contributed by atoms with E-state index in [0.29, 0.717) is 6.04 Å². The third-order valence-electron chi connectivity index (χ3n) is 3.49. The number of nitrogens with one attached hydrogen (secondary N) is 1. The lowest BCUT2D eigenvalue weighted by atomic mass is 10.0. The third kappa shape index (κ3) is 3.64. The molecule has 108 valence electrons. The lowest BCUT2D eigenvalue weighted by Crippen LogP contribution is -2.23. The Morgan fingerprint density at radius 1 is 1.20 bits per heavy atom. The summed E-state index contributed by atoms with van der Waals surface area (Å²) in [7, 11) is 2.11. The van der Waals surface area contributed by atoms with Crippen LogP contribution in [0.1, 0.15) is 37.6 Å². The maximum absolute atomic E-state index is 5.43. The Balaban J connectivity index is 2.14. The van der Waals surface area contributed by atoms with Crippen LogP contribution < -0.4 is 10.2 Å².